The second kappa shape index (κ2) is 5.03. The molecule has 3 heteroatoms. The molecule has 0 bridgehead atoms. The first-order valence-electron chi connectivity index (χ1n) is 8.22. The molecule has 2 aromatic carbocycles. The lowest BCUT2D eigenvalue weighted by molar-refractivity contribution is 0.228. The van der Waals surface area contributed by atoms with Gasteiger partial charge in [-0.3, -0.25) is 4.90 Å². The van der Waals surface area contributed by atoms with Crippen molar-refractivity contribution in [3.05, 3.63) is 47.0 Å². The van der Waals surface area contributed by atoms with Crippen molar-refractivity contribution in [2.24, 2.45) is 0 Å². The molecule has 3 nitrogen and oxygen atoms in total. The summed E-state index contributed by atoms with van der Waals surface area (Å²) in [5.41, 5.74) is 5.98. The minimum atomic E-state index is 0.352. The molecule has 1 atom stereocenters. The van der Waals surface area contributed by atoms with E-state index in [1.807, 2.05) is 12.1 Å². The zero-order valence-corrected chi connectivity index (χ0v) is 13.3. The first kappa shape index (κ1) is 12.5. The molecule has 1 unspecified atom stereocenters. The summed E-state index contributed by atoms with van der Waals surface area (Å²) in [6.45, 7) is 1.07. The van der Waals surface area contributed by atoms with Crippen LogP contribution in [0.1, 0.15) is 24.1 Å². The van der Waals surface area contributed by atoms with Gasteiger partial charge in [-0.15, -0.1) is 0 Å². The largest absolute Gasteiger partial charge is 0.493 e. The van der Waals surface area contributed by atoms with Gasteiger partial charge in [-0.1, -0.05) is 24.2 Å². The maximum atomic E-state index is 8.52. The summed E-state index contributed by atoms with van der Waals surface area (Å²) in [6, 6.07) is 9.05. The van der Waals surface area contributed by atoms with Gasteiger partial charge in [0.1, 0.15) is 0 Å². The lowest BCUT2D eigenvalue weighted by Gasteiger charge is -2.40. The van der Waals surface area contributed by atoms with Gasteiger partial charge in [0.05, 0.1) is 15.6 Å². The molecule has 0 fully saturated rings. The van der Waals surface area contributed by atoms with Crippen molar-refractivity contribution in [2.45, 2.75) is 18.9 Å². The van der Waals surface area contributed by atoms with Crippen LogP contribution in [0.3, 0.4) is 0 Å². The zero-order chi connectivity index (χ0) is 16.1. The van der Waals surface area contributed by atoms with Crippen molar-refractivity contribution in [1.29, 1.82) is 0 Å². The van der Waals surface area contributed by atoms with Gasteiger partial charge in [0, 0.05) is 18.2 Å². The topological polar surface area (TPSA) is 21.7 Å². The molecule has 0 amide bonds. The second-order valence-electron chi connectivity index (χ2n) is 6.08. The third kappa shape index (κ3) is 1.78. The number of methoxy groups -OCH3 is 2. The van der Waals surface area contributed by atoms with E-state index in [2.05, 4.69) is 24.1 Å². The summed E-state index contributed by atoms with van der Waals surface area (Å²) in [5.74, 6) is 1.48. The lowest BCUT2D eigenvalue weighted by Crippen LogP contribution is -2.35. The molecular weight excluding hydrogens is 274 g/mol. The van der Waals surface area contributed by atoms with E-state index in [0.29, 0.717) is 12.1 Å². The highest BCUT2D eigenvalue weighted by Crippen LogP contribution is 2.50. The van der Waals surface area contributed by atoms with Crippen LogP contribution in [-0.2, 0) is 12.8 Å². The molecule has 2 aromatic rings. The van der Waals surface area contributed by atoms with Crippen molar-refractivity contribution >= 4 is 0 Å². The Hall–Kier alpha value is -2.00. The molecule has 4 rings (SSSR count). The van der Waals surface area contributed by atoms with Gasteiger partial charge in [0.2, 0.25) is 0 Å². The van der Waals surface area contributed by atoms with Crippen LogP contribution < -0.4 is 9.47 Å². The Morgan fingerprint density at radius 2 is 2.05 bits per heavy atom. The van der Waals surface area contributed by atoms with Crippen LogP contribution in [0.4, 0.5) is 0 Å². The Kier molecular flexibility index (Phi) is 2.86. The van der Waals surface area contributed by atoms with Crippen molar-refractivity contribution in [2.75, 3.05) is 27.8 Å². The smallest absolute Gasteiger partial charge is 0.168 e. The summed E-state index contributed by atoms with van der Waals surface area (Å²) in [7, 11) is 5.51. The average molecular weight is 296 g/mol. The minimum Gasteiger partial charge on any atom is -0.493 e. The predicted octanol–water partition coefficient (Wildman–Crippen LogP) is 3.46. The summed E-state index contributed by atoms with van der Waals surface area (Å²) in [4.78, 5) is 2.41. The minimum absolute atomic E-state index is 0.352. The highest BCUT2D eigenvalue weighted by molar-refractivity contribution is 5.82. The molecule has 114 valence electrons. The van der Waals surface area contributed by atoms with Gasteiger partial charge in [-0.2, -0.15) is 0 Å². The lowest BCUT2D eigenvalue weighted by atomic mass is 9.77. The van der Waals surface area contributed by atoms with Crippen LogP contribution >= 0.6 is 0 Å². The second-order valence-corrected chi connectivity index (χ2v) is 6.08. The number of benzene rings is 2. The number of fused-ring (bicyclic) bond motifs is 2. The van der Waals surface area contributed by atoms with Crippen LogP contribution in [0.5, 0.6) is 11.5 Å². The van der Waals surface area contributed by atoms with Crippen LogP contribution in [0.2, 0.25) is 0 Å². The SMILES string of the molecule is [2H]c1ccc2c3c1-c1c(ccc(OC)c1OC)CC3N(C)CC2. The summed E-state index contributed by atoms with van der Waals surface area (Å²) in [5, 5.41) is 0. The molecule has 0 aromatic heterocycles. The fraction of sp³-hybridized carbons (Fsp3) is 0.368. The maximum Gasteiger partial charge on any atom is 0.168 e. The number of ether oxygens (including phenoxy) is 2. The molecule has 2 aliphatic rings. The van der Waals surface area contributed by atoms with Gasteiger partial charge >= 0.3 is 0 Å². The Labute approximate surface area is 132 Å². The first-order valence-corrected chi connectivity index (χ1v) is 7.72. The van der Waals surface area contributed by atoms with E-state index in [1.54, 1.807) is 14.2 Å². The van der Waals surface area contributed by atoms with E-state index in [9.17, 15) is 0 Å². The number of nitrogens with zero attached hydrogens (tertiary/aromatic N) is 1. The van der Waals surface area contributed by atoms with E-state index >= 15 is 0 Å². The van der Waals surface area contributed by atoms with Crippen LogP contribution in [0, 0.1) is 0 Å². The highest BCUT2D eigenvalue weighted by atomic mass is 16.5. The van der Waals surface area contributed by atoms with Gasteiger partial charge in [0.15, 0.2) is 11.5 Å². The van der Waals surface area contributed by atoms with Crippen LogP contribution in [0.25, 0.3) is 11.1 Å². The number of rotatable bonds is 2. The summed E-state index contributed by atoms with van der Waals surface area (Å²) >= 11 is 0. The fourth-order valence-electron chi connectivity index (χ4n) is 3.91. The Balaban J connectivity index is 2.07. The molecule has 1 heterocycles. The highest BCUT2D eigenvalue weighted by Gasteiger charge is 2.34. The third-order valence-corrected chi connectivity index (χ3v) is 5.02. The van der Waals surface area contributed by atoms with Gasteiger partial charge in [-0.05, 0) is 48.2 Å². The van der Waals surface area contributed by atoms with Crippen LogP contribution in [-0.4, -0.2) is 32.7 Å². The van der Waals surface area contributed by atoms with E-state index in [4.69, 9.17) is 10.8 Å². The van der Waals surface area contributed by atoms with Crippen molar-refractivity contribution < 1.29 is 10.8 Å². The number of likely N-dealkylation sites (N-methyl/N-ethyl adjacent to an activating group) is 1. The van der Waals surface area contributed by atoms with Crippen molar-refractivity contribution in [1.82, 2.24) is 4.90 Å². The molecule has 0 N–H and O–H groups in total. The molecular formula is C19H21NO2. The Morgan fingerprint density at radius 3 is 2.82 bits per heavy atom. The summed E-state index contributed by atoms with van der Waals surface area (Å²) < 4.78 is 19.7. The maximum absolute atomic E-state index is 8.52. The normalized spacial score (nSPS) is 20.0. The third-order valence-electron chi connectivity index (χ3n) is 5.02. The van der Waals surface area contributed by atoms with E-state index in [0.717, 1.165) is 42.0 Å². The molecule has 0 saturated heterocycles. The zero-order valence-electron chi connectivity index (χ0n) is 14.3. The van der Waals surface area contributed by atoms with E-state index in [1.165, 1.54) is 16.7 Å². The number of hydrogen-bond donors (Lipinski definition) is 0. The molecule has 1 aliphatic heterocycles. The van der Waals surface area contributed by atoms with Crippen molar-refractivity contribution in [3.63, 3.8) is 0 Å². The predicted molar refractivity (Wildman–Crippen MR) is 87.8 cm³/mol. The van der Waals surface area contributed by atoms with Crippen LogP contribution in [0.15, 0.2) is 30.3 Å². The van der Waals surface area contributed by atoms with Crippen molar-refractivity contribution in [3.8, 4) is 22.6 Å². The average Bonchev–Trinajstić information content (AvgIpc) is 2.58. The first-order chi connectivity index (χ1) is 11.2. The van der Waals surface area contributed by atoms with E-state index < -0.39 is 0 Å². The quantitative estimate of drug-likeness (QED) is 0.847. The van der Waals surface area contributed by atoms with Gasteiger partial charge in [-0.25, -0.2) is 0 Å². The molecule has 0 radical (unpaired) electrons. The standard InChI is InChI=1S/C19H21NO2/c1-20-10-9-12-5-4-6-14-17(12)15(20)11-13-7-8-16(21-2)19(22-3)18(13)14/h4-8,15H,9-11H2,1-3H3/i6D. The Bertz CT molecular complexity index is 787. The fourth-order valence-corrected chi connectivity index (χ4v) is 3.91. The molecule has 1 aliphatic carbocycles. The summed E-state index contributed by atoms with van der Waals surface area (Å²) in [6.07, 6.45) is 1.99. The monoisotopic (exact) mass is 296 g/mol. The number of hydrogen-bond acceptors (Lipinski definition) is 3. The van der Waals surface area contributed by atoms with Gasteiger partial charge < -0.3 is 9.47 Å². The van der Waals surface area contributed by atoms with Gasteiger partial charge in [0.25, 0.3) is 0 Å². The molecule has 0 saturated carbocycles. The Morgan fingerprint density at radius 1 is 1.18 bits per heavy atom. The van der Waals surface area contributed by atoms with E-state index in [-0.39, 0.29) is 0 Å². The molecule has 22 heavy (non-hydrogen) atoms. The molecule has 0 spiro atoms.